The fourth-order valence-corrected chi connectivity index (χ4v) is 5.92. The molecule has 2 aromatic carbocycles. The molecule has 3 aliphatic carbocycles. The Morgan fingerprint density at radius 2 is 1.06 bits per heavy atom. The third-order valence-corrected chi connectivity index (χ3v) is 7.62. The van der Waals surface area contributed by atoms with Gasteiger partial charge in [0.15, 0.2) is 0 Å². The Morgan fingerprint density at radius 1 is 0.688 bits per heavy atom. The second-order valence-corrected chi connectivity index (χ2v) is 9.59. The van der Waals surface area contributed by atoms with Crippen LogP contribution in [0.1, 0.15) is 86.5 Å². The van der Waals surface area contributed by atoms with Crippen molar-refractivity contribution in [1.82, 2.24) is 0 Å². The summed E-state index contributed by atoms with van der Waals surface area (Å²) < 4.78 is 0. The van der Waals surface area contributed by atoms with Crippen LogP contribution in [0.2, 0.25) is 0 Å². The Labute approximate surface area is 332 Å². The molecule has 157 valence electrons. The van der Waals surface area contributed by atoms with E-state index in [-0.39, 0.29) is 169 Å². The van der Waals surface area contributed by atoms with Gasteiger partial charge in [0.25, 0.3) is 0 Å². The fraction of sp³-hybridized carbons (Fsp3) is 0.500. The van der Waals surface area contributed by atoms with Crippen LogP contribution in [0.25, 0.3) is 11.1 Å². The van der Waals surface area contributed by atoms with E-state index >= 15 is 0 Å². The van der Waals surface area contributed by atoms with E-state index in [0.717, 1.165) is 11.8 Å². The average molecular weight is 860 g/mol. The van der Waals surface area contributed by atoms with Gasteiger partial charge in [-0.15, -0.1) is 0 Å². The van der Waals surface area contributed by atoms with Crippen LogP contribution >= 0.6 is 0 Å². The van der Waals surface area contributed by atoms with Crippen molar-refractivity contribution in [2.75, 3.05) is 0 Å². The maximum atomic E-state index is 2.54. The molecule has 0 N–H and O–H groups in total. The minimum atomic E-state index is 0. The first-order valence-electron chi connectivity index (χ1n) is 11.7. The molecule has 2 fully saturated rings. The summed E-state index contributed by atoms with van der Waals surface area (Å²) in [5, 5.41) is 0. The maximum absolute atomic E-state index is 2.54. The topological polar surface area (TPSA) is 0 Å². The van der Waals surface area contributed by atoms with E-state index in [1.807, 2.05) is 0 Å². The van der Waals surface area contributed by atoms with Crippen LogP contribution in [-0.4, -0.2) is 58.2 Å². The molecule has 5 rings (SSSR count). The number of fused-ring (bicyclic) bond motifs is 3. The van der Waals surface area contributed by atoms with Gasteiger partial charge in [-0.3, -0.25) is 0 Å². The molecule has 0 atom stereocenters. The first-order chi connectivity index (χ1) is 13.8. The fourth-order valence-electron chi connectivity index (χ4n) is 5.92. The van der Waals surface area contributed by atoms with E-state index in [0.29, 0.717) is 5.92 Å². The summed E-state index contributed by atoms with van der Waals surface area (Å²) in [6.07, 6.45) is 18.3. The van der Waals surface area contributed by atoms with Crippen LogP contribution in [0, 0.1) is 69.7 Å². The summed E-state index contributed by atoms with van der Waals surface area (Å²) in [6, 6.07) is 14.7. The van der Waals surface area contributed by atoms with E-state index in [4.69, 9.17) is 0 Å². The van der Waals surface area contributed by atoms with Crippen molar-refractivity contribution >= 4 is 58.2 Å². The first-order valence-corrected chi connectivity index (χ1v) is 11.7. The second-order valence-electron chi connectivity index (χ2n) is 9.59. The van der Waals surface area contributed by atoms with E-state index in [2.05, 4.69) is 56.2 Å². The average Bonchev–Trinajstić information content (AvgIpc) is 3.01. The molecule has 0 aromatic heterocycles. The molecule has 0 aliphatic heterocycles. The molecule has 0 nitrogen and oxygen atoms in total. The number of rotatable bonds is 4. The molecule has 2 saturated carbocycles. The zero-order chi connectivity index (χ0) is 18.9. The second kappa shape index (κ2) is 16.8. The van der Waals surface area contributed by atoms with Crippen LogP contribution < -0.4 is 0 Å². The largest absolute Gasteiger partial charge is 0.328 e. The predicted octanol–water partition coefficient (Wildman–Crippen LogP) is 7.31. The van der Waals surface area contributed by atoms with Crippen LogP contribution in [0.5, 0.6) is 0 Å². The van der Waals surface area contributed by atoms with Crippen molar-refractivity contribution in [2.24, 2.45) is 11.8 Å². The zero-order valence-corrected chi connectivity index (χ0v) is 36.7. The van der Waals surface area contributed by atoms with Gasteiger partial charge in [-0.25, -0.2) is 0 Å². The van der Waals surface area contributed by atoms with Crippen molar-refractivity contribution in [3.8, 4) is 11.1 Å². The third-order valence-electron chi connectivity index (χ3n) is 7.62. The monoisotopic (exact) mass is 859 g/mol. The molecule has 32 heavy (non-hydrogen) atoms. The van der Waals surface area contributed by atoms with Gasteiger partial charge in [0.2, 0.25) is 0 Å². The van der Waals surface area contributed by atoms with Crippen molar-refractivity contribution in [3.63, 3.8) is 0 Å². The van der Waals surface area contributed by atoms with Crippen LogP contribution in [0.3, 0.4) is 0 Å². The van der Waals surface area contributed by atoms with Crippen LogP contribution in [0.15, 0.2) is 36.4 Å². The van der Waals surface area contributed by atoms with Crippen LogP contribution in [0.4, 0.5) is 0 Å². The summed E-state index contributed by atoms with van der Waals surface area (Å²) >= 11 is 0. The summed E-state index contributed by atoms with van der Waals surface area (Å²) in [7, 11) is 0. The third kappa shape index (κ3) is 8.46. The number of hydrogen-bond acceptors (Lipinski definition) is 0. The van der Waals surface area contributed by atoms with E-state index < -0.39 is 0 Å². The Balaban J connectivity index is 0.00000128. The van der Waals surface area contributed by atoms with E-state index in [1.54, 1.807) is 22.3 Å². The van der Waals surface area contributed by atoms with Gasteiger partial charge in [0.1, 0.15) is 0 Å². The van der Waals surface area contributed by atoms with Gasteiger partial charge in [-0.1, -0.05) is 69.0 Å². The van der Waals surface area contributed by atoms with Crippen molar-refractivity contribution in [1.29, 1.82) is 0 Å². The first kappa shape index (κ1) is 33.9. The van der Waals surface area contributed by atoms with E-state index in [1.165, 1.54) is 75.3 Å². The smallest absolute Gasteiger partial charge is 0.00735 e. The zero-order valence-electron chi connectivity index (χ0n) is 20.3. The molecular formula is C28H34RaRbY2-2. The van der Waals surface area contributed by atoms with Gasteiger partial charge in [-0.05, 0) is 58.1 Å². The van der Waals surface area contributed by atoms with Gasteiger partial charge in [0, 0.05) is 175 Å². The van der Waals surface area contributed by atoms with Gasteiger partial charge in [0.05, 0.1) is 0 Å². The molecule has 0 saturated heterocycles. The minimum absolute atomic E-state index is 0. The maximum Gasteiger partial charge on any atom is 0.00735 e. The van der Waals surface area contributed by atoms with Gasteiger partial charge < -0.3 is 12.8 Å². The summed E-state index contributed by atoms with van der Waals surface area (Å²) in [6.45, 7) is 2.42. The van der Waals surface area contributed by atoms with Crippen molar-refractivity contribution in [2.45, 2.75) is 77.0 Å². The minimum Gasteiger partial charge on any atom is -0.328 e. The number of benzene rings is 2. The Kier molecular flexibility index (Phi) is 17.8. The van der Waals surface area contributed by atoms with Crippen molar-refractivity contribution in [3.05, 3.63) is 71.5 Å². The van der Waals surface area contributed by atoms with E-state index in [9.17, 15) is 0 Å². The Hall–Kier alpha value is 3.92. The normalized spacial score (nSPS) is 18.3. The SMILES string of the molecule is CC1c2cc(CC3CC[CH-]CC3)ccc2-c2ccc(CC3CC[CH-]CC3)cc21.[Ra].[Rb].[Y].[Y]. The molecule has 2 aromatic rings. The summed E-state index contributed by atoms with van der Waals surface area (Å²) in [5.41, 5.74) is 9.23. The Bertz CT molecular complexity index is 772. The number of hydrogen-bond donors (Lipinski definition) is 0. The molecule has 5 radical (unpaired) electrons. The standard InChI is InChI=1S/C28H34.Ra.Rb.2Y/c1-20-27-18-23(16-21-8-4-2-5-9-21)12-14-25(27)26-15-13-24(19-28(20)26)17-22-10-6-3-7-11-22;;;;/h2-3,12-15,18-22H,4-11,16-17H2,1H3;;;;/q-2;;;;. The molecule has 3 aliphatic rings. The molecule has 0 spiro atoms. The summed E-state index contributed by atoms with van der Waals surface area (Å²) in [5.74, 6) is 2.33. The molecule has 4 heteroatoms. The molecule has 0 heterocycles. The summed E-state index contributed by atoms with van der Waals surface area (Å²) in [4.78, 5) is 0. The molecular weight excluding hydrogens is 826 g/mol. The van der Waals surface area contributed by atoms with Crippen LogP contribution in [-0.2, 0) is 78.3 Å². The quantitative estimate of drug-likeness (QED) is 0.284. The van der Waals surface area contributed by atoms with Gasteiger partial charge >= 0.3 is 0 Å². The van der Waals surface area contributed by atoms with Crippen molar-refractivity contribution < 1.29 is 110 Å². The molecule has 0 amide bonds. The van der Waals surface area contributed by atoms with Gasteiger partial charge in [-0.2, -0.15) is 25.7 Å². The molecule has 0 bridgehead atoms. The molecule has 0 unspecified atom stereocenters. The Morgan fingerprint density at radius 3 is 1.44 bits per heavy atom. The predicted molar refractivity (Wildman–Crippen MR) is 125 cm³/mol.